The topological polar surface area (TPSA) is 16.4 Å². The van der Waals surface area contributed by atoms with Crippen LogP contribution in [0, 0.1) is 0 Å². The molecule has 0 aliphatic heterocycles. The summed E-state index contributed by atoms with van der Waals surface area (Å²) in [4.78, 5) is 2.36. The van der Waals surface area contributed by atoms with Crippen LogP contribution in [0.5, 0.6) is 0 Å². The molecule has 54 heavy (non-hydrogen) atoms. The summed E-state index contributed by atoms with van der Waals surface area (Å²) in [5.74, 6) is 0. The van der Waals surface area contributed by atoms with Crippen molar-refractivity contribution in [2.24, 2.45) is 0 Å². The third-order valence-electron chi connectivity index (χ3n) is 11.1. The molecular weight excluding hydrogens is 655 g/mol. The molecule has 1 heterocycles. The lowest BCUT2D eigenvalue weighted by atomic mass is 9.94. The van der Waals surface area contributed by atoms with Crippen molar-refractivity contribution in [1.29, 1.82) is 0 Å². The largest absolute Gasteiger partial charge is 0.456 e. The van der Waals surface area contributed by atoms with Gasteiger partial charge in [-0.2, -0.15) is 0 Å². The summed E-state index contributed by atoms with van der Waals surface area (Å²) < 4.78 is 6.37. The molecule has 0 fully saturated rings. The van der Waals surface area contributed by atoms with Crippen LogP contribution in [0.4, 0.5) is 17.1 Å². The van der Waals surface area contributed by atoms with Crippen molar-refractivity contribution >= 4 is 82.1 Å². The number of furan rings is 1. The number of nitrogens with zero attached hydrogens (tertiary/aromatic N) is 1. The van der Waals surface area contributed by atoms with Gasteiger partial charge in [-0.3, -0.25) is 0 Å². The Labute approximate surface area is 312 Å². The summed E-state index contributed by atoms with van der Waals surface area (Å²) in [7, 11) is 0. The van der Waals surface area contributed by atoms with Crippen molar-refractivity contribution in [2.45, 2.75) is 0 Å². The van der Waals surface area contributed by atoms with Crippen LogP contribution in [0.3, 0.4) is 0 Å². The molecule has 0 spiro atoms. The number of hydrogen-bond acceptors (Lipinski definition) is 2. The highest BCUT2D eigenvalue weighted by molar-refractivity contribution is 6.18. The van der Waals surface area contributed by atoms with Gasteiger partial charge in [0.15, 0.2) is 0 Å². The minimum atomic E-state index is 0.874. The summed E-state index contributed by atoms with van der Waals surface area (Å²) in [6.45, 7) is 0. The third kappa shape index (κ3) is 4.88. The van der Waals surface area contributed by atoms with E-state index < -0.39 is 0 Å². The van der Waals surface area contributed by atoms with Gasteiger partial charge in [0, 0.05) is 16.8 Å². The predicted molar refractivity (Wildman–Crippen MR) is 229 cm³/mol. The Morgan fingerprint density at radius 2 is 0.852 bits per heavy atom. The normalized spacial score (nSPS) is 11.7. The molecule has 0 amide bonds. The van der Waals surface area contributed by atoms with E-state index in [1.54, 1.807) is 0 Å². The van der Waals surface area contributed by atoms with Crippen molar-refractivity contribution in [3.8, 4) is 22.3 Å². The second kappa shape index (κ2) is 12.2. The molecule has 0 atom stereocenters. The Hall–Kier alpha value is -7.16. The highest BCUT2D eigenvalue weighted by Crippen LogP contribution is 2.44. The molecule has 0 bridgehead atoms. The molecule has 0 saturated carbocycles. The van der Waals surface area contributed by atoms with Gasteiger partial charge in [0.1, 0.15) is 11.2 Å². The zero-order valence-corrected chi connectivity index (χ0v) is 29.4. The van der Waals surface area contributed by atoms with Gasteiger partial charge in [-0.05, 0) is 114 Å². The van der Waals surface area contributed by atoms with E-state index in [-0.39, 0.29) is 0 Å². The smallest absolute Gasteiger partial charge is 0.137 e. The maximum absolute atomic E-state index is 6.37. The SMILES string of the molecule is c1ccc2c(-c3ccc(N(c4ccc(-c5ccc6ccc7c8ccccc8ccc7c6c5)cc4)c4cccc5oc6ccccc6c45)cc3)cccc2c1. The lowest BCUT2D eigenvalue weighted by molar-refractivity contribution is 0.669. The first-order valence-corrected chi connectivity index (χ1v) is 18.5. The third-order valence-corrected chi connectivity index (χ3v) is 11.1. The van der Waals surface area contributed by atoms with Crippen LogP contribution >= 0.6 is 0 Å². The molecule has 252 valence electrons. The van der Waals surface area contributed by atoms with Gasteiger partial charge in [0.05, 0.1) is 11.1 Å². The lowest BCUT2D eigenvalue weighted by Gasteiger charge is -2.26. The van der Waals surface area contributed by atoms with Gasteiger partial charge in [-0.25, -0.2) is 0 Å². The Bertz CT molecular complexity index is 3200. The van der Waals surface area contributed by atoms with Gasteiger partial charge in [0.2, 0.25) is 0 Å². The fraction of sp³-hybridized carbons (Fsp3) is 0. The van der Waals surface area contributed by atoms with E-state index >= 15 is 0 Å². The molecule has 2 nitrogen and oxygen atoms in total. The summed E-state index contributed by atoms with van der Waals surface area (Å²) in [5, 5.41) is 12.3. The van der Waals surface area contributed by atoms with Crippen molar-refractivity contribution in [1.82, 2.24) is 0 Å². The monoisotopic (exact) mass is 687 g/mol. The maximum Gasteiger partial charge on any atom is 0.137 e. The standard InChI is InChI=1S/C52H33NO/c1-3-12-42-35(9-1)11-7-15-43(42)37-23-29-41(30-24-37)53(49-16-8-18-51-52(49)47-14-5-6-17-50(47)54-51)40-27-21-34(22-28-40)39-20-19-38-26-31-45-44-13-4-2-10-36(44)25-32-46(45)48(38)33-39/h1-33H. The first kappa shape index (κ1) is 30.5. The van der Waals surface area contributed by atoms with Gasteiger partial charge in [-0.1, -0.05) is 152 Å². The van der Waals surface area contributed by atoms with Crippen LogP contribution in [0.2, 0.25) is 0 Å². The van der Waals surface area contributed by atoms with E-state index in [0.717, 1.165) is 39.0 Å². The number of hydrogen-bond donors (Lipinski definition) is 0. The van der Waals surface area contributed by atoms with Crippen molar-refractivity contribution in [3.63, 3.8) is 0 Å². The fourth-order valence-electron chi connectivity index (χ4n) is 8.44. The van der Waals surface area contributed by atoms with Crippen LogP contribution in [-0.2, 0) is 0 Å². The summed E-state index contributed by atoms with van der Waals surface area (Å²) >= 11 is 0. The second-order valence-electron chi connectivity index (χ2n) is 14.1. The molecule has 11 aromatic rings. The van der Waals surface area contributed by atoms with Crippen molar-refractivity contribution in [2.75, 3.05) is 4.90 Å². The van der Waals surface area contributed by atoms with E-state index in [0.29, 0.717) is 0 Å². The highest BCUT2D eigenvalue weighted by atomic mass is 16.3. The molecule has 0 N–H and O–H groups in total. The number of fused-ring (bicyclic) bond motifs is 9. The van der Waals surface area contributed by atoms with Crippen molar-refractivity contribution in [3.05, 3.63) is 200 Å². The summed E-state index contributed by atoms with van der Waals surface area (Å²) in [6, 6.07) is 72.3. The molecule has 0 aliphatic rings. The van der Waals surface area contributed by atoms with Crippen LogP contribution < -0.4 is 4.90 Å². The molecule has 0 aliphatic carbocycles. The Morgan fingerprint density at radius 1 is 0.315 bits per heavy atom. The van der Waals surface area contributed by atoms with Crippen LogP contribution in [0.1, 0.15) is 0 Å². The Kier molecular flexibility index (Phi) is 6.90. The fourth-order valence-corrected chi connectivity index (χ4v) is 8.44. The van der Waals surface area contributed by atoms with E-state index in [1.165, 1.54) is 65.3 Å². The summed E-state index contributed by atoms with van der Waals surface area (Å²) in [5.41, 5.74) is 9.79. The van der Waals surface area contributed by atoms with Crippen LogP contribution in [-0.4, -0.2) is 0 Å². The molecule has 0 saturated heterocycles. The van der Waals surface area contributed by atoms with Crippen LogP contribution in [0.15, 0.2) is 205 Å². The number of benzene rings is 10. The highest BCUT2D eigenvalue weighted by Gasteiger charge is 2.20. The molecule has 0 unspecified atom stereocenters. The molecule has 1 aromatic heterocycles. The quantitative estimate of drug-likeness (QED) is 0.168. The zero-order valence-electron chi connectivity index (χ0n) is 29.4. The number of para-hydroxylation sites is 1. The average molecular weight is 688 g/mol. The lowest BCUT2D eigenvalue weighted by Crippen LogP contribution is -2.10. The molecule has 2 heteroatoms. The van der Waals surface area contributed by atoms with Gasteiger partial charge < -0.3 is 9.32 Å². The molecule has 11 rings (SSSR count). The van der Waals surface area contributed by atoms with Crippen LogP contribution in [0.25, 0.3) is 87.3 Å². The van der Waals surface area contributed by atoms with E-state index in [1.807, 2.05) is 12.1 Å². The number of anilines is 3. The average Bonchev–Trinajstić information content (AvgIpc) is 3.63. The minimum Gasteiger partial charge on any atom is -0.456 e. The maximum atomic E-state index is 6.37. The van der Waals surface area contributed by atoms with Gasteiger partial charge >= 0.3 is 0 Å². The minimum absolute atomic E-state index is 0.874. The number of rotatable bonds is 5. The van der Waals surface area contributed by atoms with Gasteiger partial charge in [0.25, 0.3) is 0 Å². The van der Waals surface area contributed by atoms with E-state index in [4.69, 9.17) is 4.42 Å². The Morgan fingerprint density at radius 3 is 1.63 bits per heavy atom. The first-order chi connectivity index (χ1) is 26.8. The first-order valence-electron chi connectivity index (χ1n) is 18.5. The van der Waals surface area contributed by atoms with E-state index in [9.17, 15) is 0 Å². The van der Waals surface area contributed by atoms with Crippen molar-refractivity contribution < 1.29 is 4.42 Å². The summed E-state index contributed by atoms with van der Waals surface area (Å²) in [6.07, 6.45) is 0. The predicted octanol–water partition coefficient (Wildman–Crippen LogP) is 15.0. The van der Waals surface area contributed by atoms with Gasteiger partial charge in [-0.15, -0.1) is 0 Å². The molecular formula is C52H33NO. The van der Waals surface area contributed by atoms with E-state index in [2.05, 4.69) is 193 Å². The molecule has 0 radical (unpaired) electrons. The zero-order chi connectivity index (χ0) is 35.6. The molecule has 10 aromatic carbocycles. The second-order valence-corrected chi connectivity index (χ2v) is 14.1. The Balaban J connectivity index is 1.04.